The van der Waals surface area contributed by atoms with Gasteiger partial charge in [-0.3, -0.25) is 0 Å². The molecule has 17 heavy (non-hydrogen) atoms. The summed E-state index contributed by atoms with van der Waals surface area (Å²) in [6, 6.07) is 6.29. The maximum atomic E-state index is 12.1. The molecule has 1 aromatic carbocycles. The van der Waals surface area contributed by atoms with Crippen LogP contribution in [0.5, 0.6) is 0 Å². The first-order chi connectivity index (χ1) is 7.78. The maximum absolute atomic E-state index is 12.1. The monoisotopic (exact) mass is 264 g/mol. The first kappa shape index (κ1) is 11.9. The number of hydrogen-bond acceptors (Lipinski definition) is 3. The minimum absolute atomic E-state index is 0.313. The number of para-hydroxylation sites is 2. The van der Waals surface area contributed by atoms with Gasteiger partial charge in [0.25, 0.3) is 0 Å². The van der Waals surface area contributed by atoms with Gasteiger partial charge in [0.05, 0.1) is 11.0 Å². The number of imidazole rings is 1. The van der Waals surface area contributed by atoms with Gasteiger partial charge in [-0.1, -0.05) is 12.1 Å². The highest BCUT2D eigenvalue weighted by Gasteiger charge is 2.37. The van der Waals surface area contributed by atoms with E-state index in [1.54, 1.807) is 12.1 Å². The average molecular weight is 264 g/mol. The SMILES string of the molecule is O=S(=O)(CC(F)(F)F)c1nc2ccccc2[nH]1. The Morgan fingerprint density at radius 3 is 2.47 bits per heavy atom. The lowest BCUT2D eigenvalue weighted by atomic mass is 10.3. The molecule has 1 heterocycles. The zero-order chi connectivity index (χ0) is 12.7. The van der Waals surface area contributed by atoms with E-state index in [1.165, 1.54) is 12.1 Å². The Labute approximate surface area is 94.4 Å². The first-order valence-corrected chi connectivity index (χ1v) is 6.17. The Morgan fingerprint density at radius 1 is 1.24 bits per heavy atom. The Kier molecular flexibility index (Phi) is 2.61. The molecular weight excluding hydrogens is 257 g/mol. The third-order valence-electron chi connectivity index (χ3n) is 2.02. The number of hydrogen-bond donors (Lipinski definition) is 1. The van der Waals surface area contributed by atoms with Crippen molar-refractivity contribution in [3.8, 4) is 0 Å². The van der Waals surface area contributed by atoms with Crippen molar-refractivity contribution >= 4 is 20.9 Å². The highest BCUT2D eigenvalue weighted by molar-refractivity contribution is 7.91. The van der Waals surface area contributed by atoms with E-state index < -0.39 is 26.9 Å². The highest BCUT2D eigenvalue weighted by atomic mass is 32.2. The van der Waals surface area contributed by atoms with Crippen molar-refractivity contribution in [2.24, 2.45) is 0 Å². The predicted molar refractivity (Wildman–Crippen MR) is 54.2 cm³/mol. The fourth-order valence-electron chi connectivity index (χ4n) is 1.36. The van der Waals surface area contributed by atoms with Gasteiger partial charge in [0.2, 0.25) is 15.0 Å². The summed E-state index contributed by atoms with van der Waals surface area (Å²) in [5.74, 6) is -1.92. The van der Waals surface area contributed by atoms with Crippen molar-refractivity contribution in [2.45, 2.75) is 11.3 Å². The molecule has 0 aliphatic rings. The van der Waals surface area contributed by atoms with Crippen molar-refractivity contribution in [1.82, 2.24) is 9.97 Å². The zero-order valence-corrected chi connectivity index (χ0v) is 9.14. The van der Waals surface area contributed by atoms with Crippen LogP contribution in [0.25, 0.3) is 11.0 Å². The third-order valence-corrected chi connectivity index (χ3v) is 3.51. The second kappa shape index (κ2) is 3.73. The smallest absolute Gasteiger partial charge is 0.329 e. The van der Waals surface area contributed by atoms with Gasteiger partial charge in [-0.15, -0.1) is 0 Å². The van der Waals surface area contributed by atoms with Gasteiger partial charge in [0.15, 0.2) is 5.75 Å². The molecule has 2 rings (SSSR count). The number of aromatic amines is 1. The van der Waals surface area contributed by atoms with Gasteiger partial charge in [-0.25, -0.2) is 13.4 Å². The minimum atomic E-state index is -4.78. The zero-order valence-electron chi connectivity index (χ0n) is 8.32. The van der Waals surface area contributed by atoms with E-state index in [-0.39, 0.29) is 0 Å². The topological polar surface area (TPSA) is 62.8 Å². The van der Waals surface area contributed by atoms with Crippen LogP contribution in [0.2, 0.25) is 0 Å². The summed E-state index contributed by atoms with van der Waals surface area (Å²) in [5.41, 5.74) is 0.696. The van der Waals surface area contributed by atoms with Gasteiger partial charge in [-0.2, -0.15) is 13.2 Å². The van der Waals surface area contributed by atoms with E-state index in [0.29, 0.717) is 11.0 Å². The van der Waals surface area contributed by atoms with Crippen molar-refractivity contribution in [2.75, 3.05) is 5.75 Å². The molecule has 0 aliphatic carbocycles. The fraction of sp³-hybridized carbons (Fsp3) is 0.222. The predicted octanol–water partition coefficient (Wildman–Crippen LogP) is 1.90. The van der Waals surface area contributed by atoms with E-state index in [4.69, 9.17) is 0 Å². The number of fused-ring (bicyclic) bond motifs is 1. The molecule has 0 unspecified atom stereocenters. The third kappa shape index (κ3) is 2.57. The molecule has 0 atom stereocenters. The molecule has 8 heteroatoms. The van der Waals surface area contributed by atoms with Crippen LogP contribution in [0, 0.1) is 0 Å². The molecule has 0 fully saturated rings. The van der Waals surface area contributed by atoms with Gasteiger partial charge >= 0.3 is 6.18 Å². The van der Waals surface area contributed by atoms with Crippen molar-refractivity contribution in [3.63, 3.8) is 0 Å². The van der Waals surface area contributed by atoms with Crippen molar-refractivity contribution in [3.05, 3.63) is 24.3 Å². The van der Waals surface area contributed by atoms with E-state index in [0.717, 1.165) is 0 Å². The molecule has 0 amide bonds. The Morgan fingerprint density at radius 2 is 1.88 bits per heavy atom. The molecule has 0 bridgehead atoms. The van der Waals surface area contributed by atoms with E-state index in [2.05, 4.69) is 9.97 Å². The lowest BCUT2D eigenvalue weighted by Crippen LogP contribution is -2.23. The second-order valence-corrected chi connectivity index (χ2v) is 5.34. The molecule has 0 saturated carbocycles. The lowest BCUT2D eigenvalue weighted by Gasteiger charge is -2.04. The number of sulfone groups is 1. The number of nitrogens with zero attached hydrogens (tertiary/aromatic N) is 1. The van der Waals surface area contributed by atoms with E-state index in [1.807, 2.05) is 0 Å². The van der Waals surface area contributed by atoms with Crippen LogP contribution in [0.3, 0.4) is 0 Å². The molecule has 92 valence electrons. The number of nitrogens with one attached hydrogen (secondary N) is 1. The quantitative estimate of drug-likeness (QED) is 0.901. The molecule has 1 N–H and O–H groups in total. The summed E-state index contributed by atoms with van der Waals surface area (Å²) >= 11 is 0. The largest absolute Gasteiger partial charge is 0.403 e. The summed E-state index contributed by atoms with van der Waals surface area (Å²) in [7, 11) is -4.47. The van der Waals surface area contributed by atoms with E-state index in [9.17, 15) is 21.6 Å². The summed E-state index contributed by atoms with van der Waals surface area (Å²) in [6.07, 6.45) is -4.78. The summed E-state index contributed by atoms with van der Waals surface area (Å²) in [6.45, 7) is 0. The first-order valence-electron chi connectivity index (χ1n) is 4.52. The van der Waals surface area contributed by atoms with Crippen molar-refractivity contribution < 1.29 is 21.6 Å². The van der Waals surface area contributed by atoms with Crippen LogP contribution in [0.4, 0.5) is 13.2 Å². The summed E-state index contributed by atoms with van der Waals surface area (Å²) < 4.78 is 59.0. The number of rotatable bonds is 2. The Bertz CT molecular complexity index is 613. The summed E-state index contributed by atoms with van der Waals surface area (Å²) in [4.78, 5) is 5.98. The molecule has 4 nitrogen and oxygen atoms in total. The molecule has 0 aliphatic heterocycles. The number of aromatic nitrogens is 2. The van der Waals surface area contributed by atoms with Crippen LogP contribution in [0.1, 0.15) is 0 Å². The number of halogens is 3. The Hall–Kier alpha value is -1.57. The average Bonchev–Trinajstić information content (AvgIpc) is 2.57. The van der Waals surface area contributed by atoms with E-state index >= 15 is 0 Å². The lowest BCUT2D eigenvalue weighted by molar-refractivity contribution is -0.106. The molecule has 0 spiro atoms. The standard InChI is InChI=1S/C9H7F3N2O2S/c10-9(11,12)5-17(15,16)8-13-6-3-1-2-4-7(6)14-8/h1-4H,5H2,(H,13,14). The molecule has 1 aromatic heterocycles. The fourth-order valence-corrected chi connectivity index (χ4v) is 2.43. The minimum Gasteiger partial charge on any atom is -0.329 e. The van der Waals surface area contributed by atoms with Crippen molar-refractivity contribution in [1.29, 1.82) is 0 Å². The van der Waals surface area contributed by atoms with Gasteiger partial charge < -0.3 is 4.98 Å². The van der Waals surface area contributed by atoms with Crippen LogP contribution in [0.15, 0.2) is 29.4 Å². The van der Waals surface area contributed by atoms with Crippen LogP contribution in [-0.2, 0) is 9.84 Å². The number of alkyl halides is 3. The number of benzene rings is 1. The van der Waals surface area contributed by atoms with Gasteiger partial charge in [0, 0.05) is 0 Å². The van der Waals surface area contributed by atoms with Crippen LogP contribution < -0.4 is 0 Å². The van der Waals surface area contributed by atoms with Crippen LogP contribution >= 0.6 is 0 Å². The normalized spacial score (nSPS) is 13.1. The molecule has 0 radical (unpaired) electrons. The molecular formula is C9H7F3N2O2S. The Balaban J connectivity index is 2.46. The molecule has 0 saturated heterocycles. The van der Waals surface area contributed by atoms with Gasteiger partial charge in [-0.05, 0) is 12.1 Å². The summed E-state index contributed by atoms with van der Waals surface area (Å²) in [5, 5.41) is -0.656. The highest BCUT2D eigenvalue weighted by Crippen LogP contribution is 2.22. The van der Waals surface area contributed by atoms with Crippen LogP contribution in [-0.4, -0.2) is 30.3 Å². The maximum Gasteiger partial charge on any atom is 0.403 e. The molecule has 2 aromatic rings. The second-order valence-electron chi connectivity index (χ2n) is 3.43. The number of H-pyrrole nitrogens is 1. The van der Waals surface area contributed by atoms with Gasteiger partial charge in [0.1, 0.15) is 0 Å².